The Labute approximate surface area is 186 Å². The van der Waals surface area contributed by atoms with Crippen LogP contribution in [0.25, 0.3) is 0 Å². The molecule has 0 bridgehead atoms. The molecular formula is C22H16Cl2F2N2O3. The first kappa shape index (κ1) is 21.5. The number of rotatable bonds is 5. The van der Waals surface area contributed by atoms with Crippen LogP contribution in [-0.2, 0) is 19.5 Å². The van der Waals surface area contributed by atoms with Crippen LogP contribution < -0.4 is 4.74 Å². The number of halogens is 4. The zero-order chi connectivity index (χ0) is 22.1. The monoisotopic (exact) mass is 464 g/mol. The van der Waals surface area contributed by atoms with Crippen LogP contribution in [0.4, 0.5) is 14.5 Å². The fourth-order valence-electron chi connectivity index (χ4n) is 3.61. The van der Waals surface area contributed by atoms with Gasteiger partial charge in [-0.15, -0.1) is 0 Å². The van der Waals surface area contributed by atoms with E-state index in [1.54, 1.807) is 6.07 Å². The molecule has 0 N–H and O–H groups in total. The molecule has 1 aliphatic rings. The van der Waals surface area contributed by atoms with E-state index in [4.69, 9.17) is 27.9 Å². The van der Waals surface area contributed by atoms with Crippen molar-refractivity contribution in [2.24, 2.45) is 0 Å². The van der Waals surface area contributed by atoms with Gasteiger partial charge in [0.2, 0.25) is 0 Å². The van der Waals surface area contributed by atoms with E-state index < -0.39 is 16.6 Å². The van der Waals surface area contributed by atoms with Crippen LogP contribution in [-0.4, -0.2) is 16.4 Å². The molecule has 3 aromatic carbocycles. The number of ether oxygens (including phenoxy) is 1. The number of non-ortho nitro benzene ring substituents is 1. The molecular weight excluding hydrogens is 449 g/mol. The maximum Gasteiger partial charge on any atom is 0.272 e. The summed E-state index contributed by atoms with van der Waals surface area (Å²) in [5.41, 5.74) is 2.53. The summed E-state index contributed by atoms with van der Waals surface area (Å²) in [6.07, 6.45) is 0.728. The summed E-state index contributed by atoms with van der Waals surface area (Å²) in [6, 6.07) is 11.5. The van der Waals surface area contributed by atoms with E-state index in [0.717, 1.165) is 23.6 Å². The van der Waals surface area contributed by atoms with Crippen LogP contribution in [0.15, 0.2) is 48.5 Å². The number of hydrogen-bond acceptors (Lipinski definition) is 4. The van der Waals surface area contributed by atoms with Gasteiger partial charge in [0.15, 0.2) is 5.75 Å². The molecule has 160 valence electrons. The molecule has 0 radical (unpaired) electrons. The number of nitro groups is 1. The van der Waals surface area contributed by atoms with Gasteiger partial charge in [-0.05, 0) is 47.4 Å². The molecule has 5 nitrogen and oxygen atoms in total. The number of benzene rings is 3. The first-order chi connectivity index (χ1) is 14.8. The molecule has 0 unspecified atom stereocenters. The smallest absolute Gasteiger partial charge is 0.272 e. The first-order valence-corrected chi connectivity index (χ1v) is 10.1. The number of nitrogens with zero attached hydrogens (tertiary/aromatic N) is 2. The molecule has 0 saturated carbocycles. The molecule has 0 aliphatic carbocycles. The summed E-state index contributed by atoms with van der Waals surface area (Å²) in [5.74, 6) is -0.507. The molecule has 0 fully saturated rings. The van der Waals surface area contributed by atoms with Crippen LogP contribution in [0.1, 0.15) is 16.7 Å². The minimum absolute atomic E-state index is 0.0467. The predicted octanol–water partition coefficient (Wildman–Crippen LogP) is 6.53. The van der Waals surface area contributed by atoms with Gasteiger partial charge in [-0.25, -0.2) is 8.78 Å². The Hall–Kier alpha value is -2.74. The molecule has 3 aromatic rings. The zero-order valence-corrected chi connectivity index (χ0v) is 17.6. The van der Waals surface area contributed by atoms with Gasteiger partial charge in [0.05, 0.1) is 15.0 Å². The van der Waals surface area contributed by atoms with Crippen LogP contribution in [0, 0.1) is 21.7 Å². The third-order valence-electron chi connectivity index (χ3n) is 5.01. The van der Waals surface area contributed by atoms with Crippen molar-refractivity contribution in [1.82, 2.24) is 4.90 Å². The summed E-state index contributed by atoms with van der Waals surface area (Å²) in [4.78, 5) is 12.5. The Bertz CT molecular complexity index is 1130. The van der Waals surface area contributed by atoms with Crippen molar-refractivity contribution in [3.8, 4) is 11.5 Å². The third-order valence-corrected chi connectivity index (χ3v) is 5.57. The number of nitro benzene ring substituents is 1. The Balaban J connectivity index is 1.49. The van der Waals surface area contributed by atoms with Crippen molar-refractivity contribution in [3.05, 3.63) is 97.0 Å². The minimum Gasteiger partial charge on any atom is -0.454 e. The predicted molar refractivity (Wildman–Crippen MR) is 114 cm³/mol. The van der Waals surface area contributed by atoms with Gasteiger partial charge in [0, 0.05) is 37.8 Å². The van der Waals surface area contributed by atoms with Gasteiger partial charge < -0.3 is 4.74 Å². The highest BCUT2D eigenvalue weighted by Gasteiger charge is 2.20. The normalized spacial score (nSPS) is 13.7. The standard InChI is InChI=1S/C22H16Cl2F2N2O3/c23-20-9-18(28(29)30)10-21(24)22(20)31-19-2-1-15-12-27(4-3-14(15)7-19)11-13-5-16(25)8-17(26)6-13/h1-2,5-10H,3-4,11-12H2. The topological polar surface area (TPSA) is 55.6 Å². The minimum atomic E-state index is -0.585. The van der Waals surface area contributed by atoms with Crippen molar-refractivity contribution >= 4 is 28.9 Å². The van der Waals surface area contributed by atoms with E-state index in [1.165, 1.54) is 24.3 Å². The Kier molecular flexibility index (Phi) is 6.09. The Morgan fingerprint density at radius 3 is 2.32 bits per heavy atom. The van der Waals surface area contributed by atoms with Crippen LogP contribution in [0.2, 0.25) is 10.0 Å². The lowest BCUT2D eigenvalue weighted by molar-refractivity contribution is -0.384. The summed E-state index contributed by atoms with van der Waals surface area (Å²) < 4.78 is 32.7. The fraction of sp³-hybridized carbons (Fsp3) is 0.182. The van der Waals surface area contributed by atoms with E-state index in [2.05, 4.69) is 4.90 Å². The highest BCUT2D eigenvalue weighted by atomic mass is 35.5. The Morgan fingerprint density at radius 1 is 1.00 bits per heavy atom. The Morgan fingerprint density at radius 2 is 1.68 bits per heavy atom. The molecule has 9 heteroatoms. The van der Waals surface area contributed by atoms with E-state index in [9.17, 15) is 18.9 Å². The van der Waals surface area contributed by atoms with E-state index in [-0.39, 0.29) is 21.5 Å². The molecule has 0 spiro atoms. The highest BCUT2D eigenvalue weighted by Crippen LogP contribution is 2.40. The molecule has 0 aromatic heterocycles. The molecule has 31 heavy (non-hydrogen) atoms. The van der Waals surface area contributed by atoms with Crippen LogP contribution in [0.3, 0.4) is 0 Å². The van der Waals surface area contributed by atoms with Crippen LogP contribution in [0.5, 0.6) is 11.5 Å². The van der Waals surface area contributed by atoms with Crippen molar-refractivity contribution in [1.29, 1.82) is 0 Å². The van der Waals surface area contributed by atoms with E-state index in [0.29, 0.717) is 30.9 Å². The van der Waals surface area contributed by atoms with Gasteiger partial charge in [-0.2, -0.15) is 0 Å². The van der Waals surface area contributed by atoms with Gasteiger partial charge in [0.1, 0.15) is 17.4 Å². The van der Waals surface area contributed by atoms with E-state index in [1.807, 2.05) is 12.1 Å². The molecule has 1 heterocycles. The maximum absolute atomic E-state index is 13.4. The lowest BCUT2D eigenvalue weighted by atomic mass is 9.99. The second-order valence-electron chi connectivity index (χ2n) is 7.27. The van der Waals surface area contributed by atoms with Crippen molar-refractivity contribution < 1.29 is 18.4 Å². The van der Waals surface area contributed by atoms with E-state index >= 15 is 0 Å². The lowest BCUT2D eigenvalue weighted by Crippen LogP contribution is -2.30. The molecule has 1 aliphatic heterocycles. The number of fused-ring (bicyclic) bond motifs is 1. The summed E-state index contributed by atoms with van der Waals surface area (Å²) in [5, 5.41) is 11.0. The largest absolute Gasteiger partial charge is 0.454 e. The zero-order valence-electron chi connectivity index (χ0n) is 16.1. The maximum atomic E-state index is 13.4. The molecule has 4 rings (SSSR count). The highest BCUT2D eigenvalue weighted by molar-refractivity contribution is 6.37. The van der Waals surface area contributed by atoms with Gasteiger partial charge in [-0.1, -0.05) is 29.3 Å². The van der Waals surface area contributed by atoms with Crippen LogP contribution >= 0.6 is 23.2 Å². The molecule has 0 saturated heterocycles. The number of hydrogen-bond donors (Lipinski definition) is 0. The fourth-order valence-corrected chi connectivity index (χ4v) is 4.17. The summed E-state index contributed by atoms with van der Waals surface area (Å²) in [7, 11) is 0. The average molecular weight is 465 g/mol. The quantitative estimate of drug-likeness (QED) is 0.318. The van der Waals surface area contributed by atoms with Gasteiger partial charge in [0.25, 0.3) is 5.69 Å². The molecule has 0 atom stereocenters. The van der Waals surface area contributed by atoms with Crippen molar-refractivity contribution in [2.75, 3.05) is 6.54 Å². The first-order valence-electron chi connectivity index (χ1n) is 9.39. The summed E-state index contributed by atoms with van der Waals surface area (Å²) in [6.45, 7) is 1.79. The summed E-state index contributed by atoms with van der Waals surface area (Å²) >= 11 is 12.2. The second-order valence-corrected chi connectivity index (χ2v) is 8.08. The van der Waals surface area contributed by atoms with Gasteiger partial charge >= 0.3 is 0 Å². The van der Waals surface area contributed by atoms with Gasteiger partial charge in [-0.3, -0.25) is 15.0 Å². The SMILES string of the molecule is O=[N+]([O-])c1cc(Cl)c(Oc2ccc3c(c2)CCN(Cc2cc(F)cc(F)c2)C3)c(Cl)c1. The third kappa shape index (κ3) is 4.95. The van der Waals surface area contributed by atoms with Crippen molar-refractivity contribution in [3.63, 3.8) is 0 Å². The molecule has 0 amide bonds. The van der Waals surface area contributed by atoms with Crippen molar-refractivity contribution in [2.45, 2.75) is 19.5 Å². The lowest BCUT2D eigenvalue weighted by Gasteiger charge is -2.29. The average Bonchev–Trinajstić information content (AvgIpc) is 2.69. The second kappa shape index (κ2) is 8.78.